The van der Waals surface area contributed by atoms with Crippen molar-refractivity contribution in [2.24, 2.45) is 0 Å². The van der Waals surface area contributed by atoms with Crippen LogP contribution in [0, 0.1) is 5.82 Å². The summed E-state index contributed by atoms with van der Waals surface area (Å²) in [6, 6.07) is 6.38. The van der Waals surface area contributed by atoms with E-state index in [1.165, 1.54) is 24.4 Å². The molecule has 26 heavy (non-hydrogen) atoms. The lowest BCUT2D eigenvalue weighted by Gasteiger charge is -2.07. The van der Waals surface area contributed by atoms with Crippen LogP contribution in [0.2, 0.25) is 10.0 Å². The van der Waals surface area contributed by atoms with Crippen LogP contribution in [0.5, 0.6) is 0 Å². The largest absolute Gasteiger partial charge is 0.456 e. The lowest BCUT2D eigenvalue weighted by molar-refractivity contribution is -0.147. The summed E-state index contributed by atoms with van der Waals surface area (Å²) in [6.45, 7) is -0.551. The maximum absolute atomic E-state index is 12.8. The number of esters is 1. The number of carbonyl (C=O) groups is 3. The Balaban J connectivity index is 1.74. The van der Waals surface area contributed by atoms with Crippen molar-refractivity contribution in [2.45, 2.75) is 12.8 Å². The van der Waals surface area contributed by atoms with Crippen molar-refractivity contribution in [1.29, 1.82) is 0 Å². The monoisotopic (exact) mass is 398 g/mol. The maximum atomic E-state index is 12.8. The number of Topliss-reactive ketones (excluding diaryl/α,β-unsaturated/α-hetero) is 1. The number of halogens is 3. The van der Waals surface area contributed by atoms with Crippen molar-refractivity contribution in [3.63, 3.8) is 0 Å². The third kappa shape index (κ3) is 6.09. The SMILES string of the molecule is O=C(COC(=O)CCC(=O)c1ccc(F)cc1)Nc1ncc(Cl)cc1Cl. The van der Waals surface area contributed by atoms with Crippen LogP contribution in [-0.4, -0.2) is 29.3 Å². The fourth-order valence-electron chi connectivity index (χ4n) is 1.89. The van der Waals surface area contributed by atoms with Crippen LogP contribution < -0.4 is 5.32 Å². The quantitative estimate of drug-likeness (QED) is 0.567. The van der Waals surface area contributed by atoms with E-state index in [0.717, 1.165) is 12.1 Å². The average Bonchev–Trinajstić information content (AvgIpc) is 2.61. The lowest BCUT2D eigenvalue weighted by atomic mass is 10.1. The van der Waals surface area contributed by atoms with E-state index >= 15 is 0 Å². The van der Waals surface area contributed by atoms with Crippen LogP contribution in [0.25, 0.3) is 0 Å². The Morgan fingerprint density at radius 1 is 1.12 bits per heavy atom. The van der Waals surface area contributed by atoms with Gasteiger partial charge in [0.15, 0.2) is 18.2 Å². The summed E-state index contributed by atoms with van der Waals surface area (Å²) in [5, 5.41) is 2.82. The number of nitrogens with zero attached hydrogens (tertiary/aromatic N) is 1. The van der Waals surface area contributed by atoms with Gasteiger partial charge in [-0.25, -0.2) is 9.37 Å². The van der Waals surface area contributed by atoms with E-state index in [1.807, 2.05) is 0 Å². The van der Waals surface area contributed by atoms with Crippen molar-refractivity contribution in [3.05, 3.63) is 58.0 Å². The highest BCUT2D eigenvalue weighted by atomic mass is 35.5. The molecule has 1 N–H and O–H groups in total. The van der Waals surface area contributed by atoms with Crippen LogP contribution in [0.3, 0.4) is 0 Å². The summed E-state index contributed by atoms with van der Waals surface area (Å²) in [7, 11) is 0. The van der Waals surface area contributed by atoms with Crippen molar-refractivity contribution in [2.75, 3.05) is 11.9 Å². The minimum Gasteiger partial charge on any atom is -0.456 e. The van der Waals surface area contributed by atoms with Crippen LogP contribution in [-0.2, 0) is 14.3 Å². The fourth-order valence-corrected chi connectivity index (χ4v) is 2.32. The molecule has 0 saturated carbocycles. The van der Waals surface area contributed by atoms with Gasteiger partial charge in [-0.15, -0.1) is 0 Å². The van der Waals surface area contributed by atoms with E-state index in [4.69, 9.17) is 27.9 Å². The number of ether oxygens (including phenoxy) is 1. The second kappa shape index (κ2) is 9.26. The van der Waals surface area contributed by atoms with Crippen molar-refractivity contribution >= 4 is 46.7 Å². The summed E-state index contributed by atoms with van der Waals surface area (Å²) in [6.07, 6.45) is 0.982. The van der Waals surface area contributed by atoms with E-state index in [9.17, 15) is 18.8 Å². The van der Waals surface area contributed by atoms with Gasteiger partial charge in [0.1, 0.15) is 5.82 Å². The minimum absolute atomic E-state index is 0.0867. The van der Waals surface area contributed by atoms with E-state index < -0.39 is 24.3 Å². The Bertz CT molecular complexity index is 828. The smallest absolute Gasteiger partial charge is 0.306 e. The van der Waals surface area contributed by atoms with Gasteiger partial charge in [0.2, 0.25) is 0 Å². The zero-order valence-electron chi connectivity index (χ0n) is 13.3. The van der Waals surface area contributed by atoms with Gasteiger partial charge in [0.25, 0.3) is 5.91 Å². The first-order valence-corrected chi connectivity index (χ1v) is 8.16. The highest BCUT2D eigenvalue weighted by molar-refractivity contribution is 6.36. The van der Waals surface area contributed by atoms with Gasteiger partial charge in [-0.3, -0.25) is 14.4 Å². The first-order chi connectivity index (χ1) is 12.3. The molecule has 0 aliphatic carbocycles. The molecule has 136 valence electrons. The van der Waals surface area contributed by atoms with Crippen LogP contribution in [0.1, 0.15) is 23.2 Å². The molecule has 1 amide bonds. The third-order valence-corrected chi connectivity index (χ3v) is 3.65. The number of anilines is 1. The molecule has 1 aromatic heterocycles. The maximum Gasteiger partial charge on any atom is 0.306 e. The lowest BCUT2D eigenvalue weighted by Crippen LogP contribution is -2.21. The van der Waals surface area contributed by atoms with Gasteiger partial charge in [-0.2, -0.15) is 0 Å². The first kappa shape index (κ1) is 19.8. The summed E-state index contributed by atoms with van der Waals surface area (Å²) in [5.74, 6) is -2.06. The number of rotatable bonds is 7. The standard InChI is InChI=1S/C17H13Cl2FN2O4/c18-11-7-13(19)17(21-8-11)22-15(24)9-26-16(25)6-5-14(23)10-1-3-12(20)4-2-10/h1-4,7-8H,5-6,9H2,(H,21,22,24). The molecule has 0 atom stereocenters. The van der Waals surface area contributed by atoms with Gasteiger partial charge in [0.05, 0.1) is 16.5 Å². The summed E-state index contributed by atoms with van der Waals surface area (Å²) >= 11 is 11.6. The second-order valence-electron chi connectivity index (χ2n) is 5.12. The molecular weight excluding hydrogens is 386 g/mol. The average molecular weight is 399 g/mol. The molecule has 0 fully saturated rings. The van der Waals surface area contributed by atoms with E-state index in [1.54, 1.807) is 0 Å². The number of carbonyl (C=O) groups excluding carboxylic acids is 3. The zero-order valence-corrected chi connectivity index (χ0v) is 14.8. The van der Waals surface area contributed by atoms with Gasteiger partial charge < -0.3 is 10.1 Å². The number of aromatic nitrogens is 1. The van der Waals surface area contributed by atoms with E-state index in [0.29, 0.717) is 10.6 Å². The predicted molar refractivity (Wildman–Crippen MR) is 93.8 cm³/mol. The summed E-state index contributed by atoms with van der Waals surface area (Å²) in [5.41, 5.74) is 0.292. The number of benzene rings is 1. The Morgan fingerprint density at radius 2 is 1.81 bits per heavy atom. The molecule has 0 spiro atoms. The van der Waals surface area contributed by atoms with Crippen LogP contribution >= 0.6 is 23.2 Å². The topological polar surface area (TPSA) is 85.4 Å². The molecule has 0 aliphatic heterocycles. The van der Waals surface area contributed by atoms with Crippen molar-refractivity contribution in [1.82, 2.24) is 4.98 Å². The molecule has 0 saturated heterocycles. The molecule has 1 heterocycles. The molecular formula is C17H13Cl2FN2O4. The van der Waals surface area contributed by atoms with Crippen molar-refractivity contribution in [3.8, 4) is 0 Å². The van der Waals surface area contributed by atoms with Crippen molar-refractivity contribution < 1.29 is 23.5 Å². The first-order valence-electron chi connectivity index (χ1n) is 7.40. The minimum atomic E-state index is -0.717. The van der Waals surface area contributed by atoms with Gasteiger partial charge in [0, 0.05) is 18.2 Å². The Labute approximate surface area is 158 Å². The molecule has 6 nitrogen and oxygen atoms in total. The molecule has 2 aromatic rings. The highest BCUT2D eigenvalue weighted by Crippen LogP contribution is 2.22. The number of hydrogen-bond acceptors (Lipinski definition) is 5. The number of hydrogen-bond donors (Lipinski definition) is 1. The van der Waals surface area contributed by atoms with Crippen LogP contribution in [0.15, 0.2) is 36.5 Å². The zero-order chi connectivity index (χ0) is 19.1. The molecule has 0 unspecified atom stereocenters. The van der Waals surface area contributed by atoms with Gasteiger partial charge in [-0.1, -0.05) is 23.2 Å². The van der Waals surface area contributed by atoms with E-state index in [-0.39, 0.29) is 29.5 Å². The Hall–Kier alpha value is -2.51. The molecule has 9 heteroatoms. The number of pyridine rings is 1. The fraction of sp³-hybridized carbons (Fsp3) is 0.176. The molecule has 0 bridgehead atoms. The van der Waals surface area contributed by atoms with Crippen LogP contribution in [0.4, 0.5) is 10.2 Å². The molecule has 1 aromatic carbocycles. The Morgan fingerprint density at radius 3 is 2.46 bits per heavy atom. The van der Waals surface area contributed by atoms with Gasteiger partial charge >= 0.3 is 5.97 Å². The summed E-state index contributed by atoms with van der Waals surface area (Å²) < 4.78 is 17.6. The normalized spacial score (nSPS) is 10.3. The molecule has 0 radical (unpaired) electrons. The number of ketones is 1. The summed E-state index contributed by atoms with van der Waals surface area (Å²) in [4.78, 5) is 39.0. The molecule has 2 rings (SSSR count). The van der Waals surface area contributed by atoms with E-state index in [2.05, 4.69) is 10.3 Å². The number of nitrogens with one attached hydrogen (secondary N) is 1. The Kier molecular flexibility index (Phi) is 7.06. The highest BCUT2D eigenvalue weighted by Gasteiger charge is 2.13. The number of amides is 1. The second-order valence-corrected chi connectivity index (χ2v) is 5.97. The van der Waals surface area contributed by atoms with Gasteiger partial charge in [-0.05, 0) is 30.3 Å². The predicted octanol–water partition coefficient (Wildman–Crippen LogP) is 3.67. The molecule has 0 aliphatic rings. The third-order valence-electron chi connectivity index (χ3n) is 3.15.